The van der Waals surface area contributed by atoms with Gasteiger partial charge in [0.05, 0.1) is 5.92 Å². The molecule has 1 aliphatic rings. The smallest absolute Gasteiger partial charge is 0.225 e. The number of halogens is 1. The Labute approximate surface area is 147 Å². The number of amides is 2. The summed E-state index contributed by atoms with van der Waals surface area (Å²) in [6, 6.07) is 0.0353. The highest BCUT2D eigenvalue weighted by Gasteiger charge is 2.30. The van der Waals surface area contributed by atoms with E-state index in [1.807, 2.05) is 18.7 Å². The molecule has 1 aliphatic heterocycles. The van der Waals surface area contributed by atoms with Crippen molar-refractivity contribution in [1.29, 1.82) is 0 Å². The van der Waals surface area contributed by atoms with Crippen LogP contribution in [0.3, 0.4) is 0 Å². The number of rotatable bonds is 7. The molecule has 0 saturated carbocycles. The van der Waals surface area contributed by atoms with E-state index >= 15 is 0 Å². The molecule has 1 saturated heterocycles. The third kappa shape index (κ3) is 7.08. The molecule has 0 bridgehead atoms. The third-order valence-corrected chi connectivity index (χ3v) is 4.52. The number of likely N-dealkylation sites (tertiary alicyclic amines) is 1. The number of hydrogen-bond acceptors (Lipinski definition) is 3. The number of nitrogens with two attached hydrogens (primary N) is 1. The van der Waals surface area contributed by atoms with Crippen LogP contribution in [0.5, 0.6) is 0 Å². The van der Waals surface area contributed by atoms with E-state index in [1.165, 1.54) is 0 Å². The second kappa shape index (κ2) is 10.9. The number of hydrogen-bond donors (Lipinski definition) is 2. The molecular formula is C17H34ClN3O2. The average Bonchev–Trinajstić information content (AvgIpc) is 2.52. The third-order valence-electron chi connectivity index (χ3n) is 4.52. The molecule has 0 aliphatic carbocycles. The lowest BCUT2D eigenvalue weighted by molar-refractivity contribution is -0.139. The van der Waals surface area contributed by atoms with Gasteiger partial charge in [0.25, 0.3) is 0 Å². The van der Waals surface area contributed by atoms with Crippen molar-refractivity contribution in [3.63, 3.8) is 0 Å². The summed E-state index contributed by atoms with van der Waals surface area (Å²) in [6.07, 6.45) is 3.49. The highest BCUT2D eigenvalue weighted by molar-refractivity contribution is 5.85. The molecule has 23 heavy (non-hydrogen) atoms. The molecule has 5 nitrogen and oxygen atoms in total. The Hall–Kier alpha value is -0.810. The highest BCUT2D eigenvalue weighted by atomic mass is 35.5. The minimum Gasteiger partial charge on any atom is -0.352 e. The first kappa shape index (κ1) is 22.2. The molecule has 0 radical (unpaired) electrons. The number of carbonyl (C=O) groups excluding carboxylic acids is 2. The van der Waals surface area contributed by atoms with Gasteiger partial charge in [-0.25, -0.2) is 0 Å². The molecule has 1 fully saturated rings. The Bertz CT molecular complexity index is 377. The predicted octanol–water partition coefficient (Wildman–Crippen LogP) is 2.18. The maximum Gasteiger partial charge on any atom is 0.225 e. The van der Waals surface area contributed by atoms with E-state index in [0.29, 0.717) is 19.0 Å². The first-order chi connectivity index (χ1) is 10.4. The van der Waals surface area contributed by atoms with Crippen LogP contribution in [0.4, 0.5) is 0 Å². The molecule has 1 rings (SSSR count). The van der Waals surface area contributed by atoms with Gasteiger partial charge >= 0.3 is 0 Å². The number of carbonyl (C=O) groups is 2. The largest absolute Gasteiger partial charge is 0.352 e. The number of nitrogens with zero attached hydrogens (tertiary/aromatic N) is 1. The van der Waals surface area contributed by atoms with Gasteiger partial charge in [-0.1, -0.05) is 27.7 Å². The zero-order valence-corrected chi connectivity index (χ0v) is 15.8. The van der Waals surface area contributed by atoms with Crippen LogP contribution in [-0.4, -0.2) is 42.4 Å². The van der Waals surface area contributed by atoms with Crippen molar-refractivity contribution in [3.05, 3.63) is 0 Å². The quantitative estimate of drug-likeness (QED) is 0.741. The van der Waals surface area contributed by atoms with Crippen LogP contribution in [0.2, 0.25) is 0 Å². The highest BCUT2D eigenvalue weighted by Crippen LogP contribution is 2.20. The Kier molecular flexibility index (Phi) is 10.5. The average molecular weight is 348 g/mol. The van der Waals surface area contributed by atoms with Crippen molar-refractivity contribution in [3.8, 4) is 0 Å². The van der Waals surface area contributed by atoms with E-state index in [9.17, 15) is 9.59 Å². The van der Waals surface area contributed by atoms with Crippen LogP contribution >= 0.6 is 12.4 Å². The summed E-state index contributed by atoms with van der Waals surface area (Å²) >= 11 is 0. The van der Waals surface area contributed by atoms with Gasteiger partial charge in [-0.15, -0.1) is 12.4 Å². The predicted molar refractivity (Wildman–Crippen MR) is 96.4 cm³/mol. The normalized spacial score (nSPS) is 20.6. The van der Waals surface area contributed by atoms with Crippen molar-refractivity contribution in [2.75, 3.05) is 19.6 Å². The van der Waals surface area contributed by atoms with Crippen LogP contribution in [0.1, 0.15) is 53.4 Å². The second-order valence-electron chi connectivity index (χ2n) is 7.00. The summed E-state index contributed by atoms with van der Waals surface area (Å²) in [7, 11) is 0. The van der Waals surface area contributed by atoms with Gasteiger partial charge in [0.1, 0.15) is 0 Å². The van der Waals surface area contributed by atoms with E-state index in [4.69, 9.17) is 5.73 Å². The molecule has 0 aromatic rings. The SMILES string of the molecule is CCC(C)C(=O)N1CCCC(C(=O)NC(CN)CC(C)C)C1.Cl. The molecule has 136 valence electrons. The lowest BCUT2D eigenvalue weighted by atomic mass is 9.94. The first-order valence-corrected chi connectivity index (χ1v) is 8.68. The van der Waals surface area contributed by atoms with Gasteiger partial charge < -0.3 is 16.0 Å². The van der Waals surface area contributed by atoms with Crippen LogP contribution in [-0.2, 0) is 9.59 Å². The molecule has 6 heteroatoms. The summed E-state index contributed by atoms with van der Waals surface area (Å²) in [6.45, 7) is 10.0. The Morgan fingerprint density at radius 3 is 2.48 bits per heavy atom. The zero-order chi connectivity index (χ0) is 16.7. The molecule has 3 N–H and O–H groups in total. The lowest BCUT2D eigenvalue weighted by Crippen LogP contribution is -2.50. The maximum atomic E-state index is 12.5. The molecule has 0 aromatic carbocycles. The molecule has 0 aromatic heterocycles. The minimum absolute atomic E-state index is 0. The fourth-order valence-corrected chi connectivity index (χ4v) is 2.98. The minimum atomic E-state index is -0.0945. The Morgan fingerprint density at radius 2 is 1.96 bits per heavy atom. The molecule has 2 amide bonds. The molecule has 1 heterocycles. The molecule has 3 atom stereocenters. The Balaban J connectivity index is 0.00000484. The summed E-state index contributed by atoms with van der Waals surface area (Å²) < 4.78 is 0. The van der Waals surface area contributed by atoms with E-state index in [2.05, 4.69) is 19.2 Å². The molecular weight excluding hydrogens is 314 g/mol. The standard InChI is InChI=1S/C17H33N3O2.ClH/c1-5-13(4)17(22)20-8-6-7-14(11-20)16(21)19-15(10-18)9-12(2)3;/h12-15H,5-11,18H2,1-4H3,(H,19,21);1H. The van der Waals surface area contributed by atoms with Gasteiger partial charge in [-0.05, 0) is 31.6 Å². The monoisotopic (exact) mass is 347 g/mol. The van der Waals surface area contributed by atoms with E-state index in [1.54, 1.807) is 0 Å². The second-order valence-corrected chi connectivity index (χ2v) is 7.00. The number of piperidine rings is 1. The van der Waals surface area contributed by atoms with Crippen molar-refractivity contribution < 1.29 is 9.59 Å². The van der Waals surface area contributed by atoms with Crippen LogP contribution in [0.15, 0.2) is 0 Å². The van der Waals surface area contributed by atoms with Crippen molar-refractivity contribution in [2.45, 2.75) is 59.4 Å². The summed E-state index contributed by atoms with van der Waals surface area (Å²) in [5, 5.41) is 3.07. The molecule has 3 unspecified atom stereocenters. The van der Waals surface area contributed by atoms with Gasteiger partial charge in [-0.3, -0.25) is 9.59 Å². The molecule has 0 spiro atoms. The first-order valence-electron chi connectivity index (χ1n) is 8.68. The summed E-state index contributed by atoms with van der Waals surface area (Å²) in [5.41, 5.74) is 5.75. The topological polar surface area (TPSA) is 75.4 Å². The van der Waals surface area contributed by atoms with Crippen molar-refractivity contribution in [2.24, 2.45) is 23.5 Å². The van der Waals surface area contributed by atoms with Gasteiger partial charge in [0.15, 0.2) is 0 Å². The van der Waals surface area contributed by atoms with Gasteiger partial charge in [-0.2, -0.15) is 0 Å². The van der Waals surface area contributed by atoms with E-state index in [-0.39, 0.29) is 42.1 Å². The van der Waals surface area contributed by atoms with Crippen LogP contribution in [0, 0.1) is 17.8 Å². The fourth-order valence-electron chi connectivity index (χ4n) is 2.98. The van der Waals surface area contributed by atoms with Crippen molar-refractivity contribution in [1.82, 2.24) is 10.2 Å². The Morgan fingerprint density at radius 1 is 1.30 bits per heavy atom. The van der Waals surface area contributed by atoms with Crippen molar-refractivity contribution >= 4 is 24.2 Å². The summed E-state index contributed by atoms with van der Waals surface area (Å²) in [5.74, 6) is 0.682. The fraction of sp³-hybridized carbons (Fsp3) is 0.882. The van der Waals surface area contributed by atoms with E-state index in [0.717, 1.165) is 32.2 Å². The lowest BCUT2D eigenvalue weighted by Gasteiger charge is -2.34. The maximum absolute atomic E-state index is 12.5. The van der Waals surface area contributed by atoms with Crippen LogP contribution in [0.25, 0.3) is 0 Å². The van der Waals surface area contributed by atoms with Gasteiger partial charge in [0, 0.05) is 31.6 Å². The van der Waals surface area contributed by atoms with Gasteiger partial charge in [0.2, 0.25) is 11.8 Å². The summed E-state index contributed by atoms with van der Waals surface area (Å²) in [4.78, 5) is 26.6. The van der Waals surface area contributed by atoms with Crippen LogP contribution < -0.4 is 11.1 Å². The zero-order valence-electron chi connectivity index (χ0n) is 15.0. The van der Waals surface area contributed by atoms with E-state index < -0.39 is 0 Å². The number of nitrogens with one attached hydrogen (secondary N) is 1.